The Labute approximate surface area is 197 Å². The molecule has 1 aromatic heterocycles. The van der Waals surface area contributed by atoms with Crippen molar-refractivity contribution < 1.29 is 14.3 Å². The number of amidine groups is 1. The quantitative estimate of drug-likeness (QED) is 0.332. The number of amides is 1. The molecule has 1 aliphatic rings. The number of ether oxygens (including phenoxy) is 1. The highest BCUT2D eigenvalue weighted by Crippen LogP contribution is 2.36. The van der Waals surface area contributed by atoms with Crippen LogP contribution in [0.2, 0.25) is 0 Å². The van der Waals surface area contributed by atoms with E-state index >= 15 is 0 Å². The number of carbonyl (C=O) groups excluding carboxylic acids is 2. The lowest BCUT2D eigenvalue weighted by Gasteiger charge is -2.12. The van der Waals surface area contributed by atoms with Crippen molar-refractivity contribution in [2.24, 2.45) is 4.99 Å². The molecule has 0 saturated carbocycles. The number of fused-ring (bicyclic) bond motifs is 1. The van der Waals surface area contributed by atoms with Crippen LogP contribution in [0.4, 0.5) is 5.69 Å². The summed E-state index contributed by atoms with van der Waals surface area (Å²) >= 11 is 1.35. The zero-order valence-corrected chi connectivity index (χ0v) is 20.1. The van der Waals surface area contributed by atoms with E-state index in [1.807, 2.05) is 31.2 Å². The van der Waals surface area contributed by atoms with E-state index in [1.54, 1.807) is 30.0 Å². The third kappa shape index (κ3) is 4.59. The van der Waals surface area contributed by atoms with Gasteiger partial charge in [-0.15, -0.1) is 0 Å². The number of hydrogen-bond donors (Lipinski definition) is 0. The standard InChI is InChI=1S/C26H27N3O3S/c1-5-28-24(30)23(15-19-16-29(17(3)4)22-13-8-7-12-21(19)22)33-26(28)27-20-11-9-10-18(14-20)25(31)32-6-2/h7-17H,5-6H2,1-4H3. The summed E-state index contributed by atoms with van der Waals surface area (Å²) in [5, 5.41) is 1.71. The fourth-order valence-corrected chi connectivity index (χ4v) is 4.87. The number of aliphatic imine (C=N–C) groups is 1. The van der Waals surface area contributed by atoms with Crippen molar-refractivity contribution >= 4 is 51.5 Å². The zero-order valence-electron chi connectivity index (χ0n) is 19.2. The molecule has 6 nitrogen and oxygen atoms in total. The molecule has 0 N–H and O–H groups in total. The topological polar surface area (TPSA) is 63.9 Å². The number of rotatable bonds is 6. The molecule has 1 aliphatic heterocycles. The Balaban J connectivity index is 1.70. The van der Waals surface area contributed by atoms with Gasteiger partial charge in [0.1, 0.15) is 0 Å². The first kappa shape index (κ1) is 22.9. The molecule has 0 spiro atoms. The lowest BCUT2D eigenvalue weighted by atomic mass is 10.1. The van der Waals surface area contributed by atoms with Crippen LogP contribution in [0.15, 0.2) is 64.6 Å². The molecule has 0 atom stereocenters. The van der Waals surface area contributed by atoms with Crippen LogP contribution in [0.1, 0.15) is 49.7 Å². The number of hydrogen-bond acceptors (Lipinski definition) is 5. The summed E-state index contributed by atoms with van der Waals surface area (Å²) in [6, 6.07) is 15.5. The molecule has 0 radical (unpaired) electrons. The summed E-state index contributed by atoms with van der Waals surface area (Å²) in [5.74, 6) is -0.451. The minimum atomic E-state index is -0.385. The van der Waals surface area contributed by atoms with Crippen molar-refractivity contribution in [1.29, 1.82) is 0 Å². The van der Waals surface area contributed by atoms with Gasteiger partial charge in [-0.05, 0) is 69.8 Å². The molecule has 3 aromatic rings. The minimum absolute atomic E-state index is 0.0656. The predicted octanol–water partition coefficient (Wildman–Crippen LogP) is 6.02. The molecule has 0 bridgehead atoms. The van der Waals surface area contributed by atoms with Crippen LogP contribution in [0.3, 0.4) is 0 Å². The Kier molecular flexibility index (Phi) is 6.70. The number of carbonyl (C=O) groups is 2. The highest BCUT2D eigenvalue weighted by Gasteiger charge is 2.32. The summed E-state index contributed by atoms with van der Waals surface area (Å²) in [4.78, 5) is 32.2. The molecule has 2 heterocycles. The van der Waals surface area contributed by atoms with Crippen molar-refractivity contribution in [2.75, 3.05) is 13.2 Å². The number of esters is 1. The fourth-order valence-electron chi connectivity index (χ4n) is 3.81. The maximum atomic E-state index is 13.2. The Bertz CT molecular complexity index is 1270. The Morgan fingerprint density at radius 1 is 1.15 bits per heavy atom. The van der Waals surface area contributed by atoms with E-state index in [0.717, 1.165) is 16.5 Å². The molecule has 1 saturated heterocycles. The van der Waals surface area contributed by atoms with Crippen molar-refractivity contribution in [1.82, 2.24) is 9.47 Å². The number of likely N-dealkylation sites (N-methyl/N-ethyl adjacent to an activating group) is 1. The summed E-state index contributed by atoms with van der Waals surface area (Å²) in [5.41, 5.74) is 3.20. The number of para-hydroxylation sites is 1. The normalized spacial score (nSPS) is 16.5. The number of aromatic nitrogens is 1. The van der Waals surface area contributed by atoms with Gasteiger partial charge >= 0.3 is 5.97 Å². The molecule has 1 fully saturated rings. The van der Waals surface area contributed by atoms with Gasteiger partial charge in [0.2, 0.25) is 0 Å². The van der Waals surface area contributed by atoms with Crippen LogP contribution in [0, 0.1) is 0 Å². The zero-order chi connectivity index (χ0) is 23.5. The van der Waals surface area contributed by atoms with Gasteiger partial charge in [-0.1, -0.05) is 24.3 Å². The first-order chi connectivity index (χ1) is 15.9. The first-order valence-electron chi connectivity index (χ1n) is 11.1. The summed E-state index contributed by atoms with van der Waals surface area (Å²) < 4.78 is 7.30. The molecule has 0 aliphatic carbocycles. The van der Waals surface area contributed by atoms with Gasteiger partial charge in [-0.25, -0.2) is 9.79 Å². The first-order valence-corrected chi connectivity index (χ1v) is 11.9. The predicted molar refractivity (Wildman–Crippen MR) is 135 cm³/mol. The van der Waals surface area contributed by atoms with Gasteiger partial charge in [0, 0.05) is 35.2 Å². The molecular formula is C26H27N3O3S. The molecule has 7 heteroatoms. The second kappa shape index (κ2) is 9.67. The van der Waals surface area contributed by atoms with Crippen molar-refractivity contribution in [3.8, 4) is 0 Å². The van der Waals surface area contributed by atoms with E-state index in [0.29, 0.717) is 40.5 Å². The van der Waals surface area contributed by atoms with E-state index in [9.17, 15) is 9.59 Å². The van der Waals surface area contributed by atoms with Gasteiger partial charge in [0.15, 0.2) is 5.17 Å². The van der Waals surface area contributed by atoms with Gasteiger partial charge < -0.3 is 9.30 Å². The lowest BCUT2D eigenvalue weighted by Crippen LogP contribution is -2.28. The van der Waals surface area contributed by atoms with E-state index in [1.165, 1.54) is 11.8 Å². The highest BCUT2D eigenvalue weighted by atomic mass is 32.2. The third-order valence-electron chi connectivity index (χ3n) is 5.40. The molecular weight excluding hydrogens is 434 g/mol. The largest absolute Gasteiger partial charge is 0.462 e. The average molecular weight is 462 g/mol. The van der Waals surface area contributed by atoms with Crippen molar-refractivity contribution in [2.45, 2.75) is 33.7 Å². The Hall–Kier alpha value is -3.32. The second-order valence-electron chi connectivity index (χ2n) is 7.93. The Morgan fingerprint density at radius 2 is 1.94 bits per heavy atom. The van der Waals surface area contributed by atoms with Gasteiger partial charge in [0.05, 0.1) is 22.8 Å². The lowest BCUT2D eigenvalue weighted by molar-refractivity contribution is -0.122. The van der Waals surface area contributed by atoms with E-state index < -0.39 is 0 Å². The molecule has 170 valence electrons. The van der Waals surface area contributed by atoms with Gasteiger partial charge in [-0.3, -0.25) is 9.69 Å². The maximum Gasteiger partial charge on any atom is 0.338 e. The maximum absolute atomic E-state index is 13.2. The van der Waals surface area contributed by atoms with Crippen LogP contribution >= 0.6 is 11.8 Å². The smallest absolute Gasteiger partial charge is 0.338 e. The van der Waals surface area contributed by atoms with E-state index in [4.69, 9.17) is 4.74 Å². The summed E-state index contributed by atoms with van der Waals surface area (Å²) in [6.45, 7) is 8.81. The van der Waals surface area contributed by atoms with Crippen LogP contribution < -0.4 is 0 Å². The van der Waals surface area contributed by atoms with Gasteiger partial charge in [-0.2, -0.15) is 0 Å². The fraction of sp³-hybridized carbons (Fsp3) is 0.269. The van der Waals surface area contributed by atoms with Crippen molar-refractivity contribution in [3.05, 3.63) is 70.8 Å². The summed E-state index contributed by atoms with van der Waals surface area (Å²) in [6.07, 6.45) is 4.05. The minimum Gasteiger partial charge on any atom is -0.462 e. The third-order valence-corrected chi connectivity index (χ3v) is 6.41. The van der Waals surface area contributed by atoms with Crippen LogP contribution in [-0.4, -0.2) is 39.7 Å². The number of benzene rings is 2. The average Bonchev–Trinajstić information content (AvgIpc) is 3.32. The van der Waals surface area contributed by atoms with E-state index in [2.05, 4.69) is 41.7 Å². The van der Waals surface area contributed by atoms with Crippen molar-refractivity contribution in [3.63, 3.8) is 0 Å². The SMILES string of the molecule is CCOC(=O)c1cccc(N=C2SC(=Cc3cn(C(C)C)c4ccccc34)C(=O)N2CC)c1. The summed E-state index contributed by atoms with van der Waals surface area (Å²) in [7, 11) is 0. The van der Waals surface area contributed by atoms with Gasteiger partial charge in [0.25, 0.3) is 5.91 Å². The molecule has 2 aromatic carbocycles. The van der Waals surface area contributed by atoms with Crippen LogP contribution in [-0.2, 0) is 9.53 Å². The molecule has 1 amide bonds. The number of thioether (sulfide) groups is 1. The number of nitrogens with zero attached hydrogens (tertiary/aromatic N) is 3. The molecule has 33 heavy (non-hydrogen) atoms. The molecule has 0 unspecified atom stereocenters. The van der Waals surface area contributed by atoms with Crippen LogP contribution in [0.25, 0.3) is 17.0 Å². The Morgan fingerprint density at radius 3 is 2.67 bits per heavy atom. The second-order valence-corrected chi connectivity index (χ2v) is 8.94. The van der Waals surface area contributed by atoms with E-state index in [-0.39, 0.29) is 11.9 Å². The monoisotopic (exact) mass is 461 g/mol. The molecule has 4 rings (SSSR count). The highest BCUT2D eigenvalue weighted by molar-refractivity contribution is 8.18. The van der Waals surface area contributed by atoms with Crippen LogP contribution in [0.5, 0.6) is 0 Å².